The zero-order valence-electron chi connectivity index (χ0n) is 14.1. The Labute approximate surface area is 147 Å². The summed E-state index contributed by atoms with van der Waals surface area (Å²) in [4.78, 5) is 16.6. The van der Waals surface area contributed by atoms with Gasteiger partial charge in [-0.2, -0.15) is 0 Å². The lowest BCUT2D eigenvalue weighted by atomic mass is 10.1. The van der Waals surface area contributed by atoms with Crippen molar-refractivity contribution in [3.8, 4) is 5.75 Å². The van der Waals surface area contributed by atoms with Gasteiger partial charge in [0.25, 0.3) is 0 Å². The van der Waals surface area contributed by atoms with E-state index in [1.807, 2.05) is 65.4 Å². The third-order valence-corrected chi connectivity index (χ3v) is 3.99. The molecule has 3 aromatic rings. The second kappa shape index (κ2) is 8.15. The van der Waals surface area contributed by atoms with Crippen LogP contribution in [0.2, 0.25) is 0 Å². The van der Waals surface area contributed by atoms with E-state index in [1.54, 1.807) is 19.6 Å². The molecule has 1 N–H and O–H groups in total. The molecule has 1 amide bonds. The van der Waals surface area contributed by atoms with Gasteiger partial charge < -0.3 is 14.6 Å². The van der Waals surface area contributed by atoms with Gasteiger partial charge in [-0.15, -0.1) is 0 Å². The average Bonchev–Trinajstić information content (AvgIpc) is 3.15. The van der Waals surface area contributed by atoms with E-state index >= 15 is 0 Å². The fourth-order valence-electron chi connectivity index (χ4n) is 2.74. The number of imidazole rings is 1. The summed E-state index contributed by atoms with van der Waals surface area (Å²) in [6.07, 6.45) is 5.69. The van der Waals surface area contributed by atoms with Crippen molar-refractivity contribution < 1.29 is 9.53 Å². The van der Waals surface area contributed by atoms with E-state index in [-0.39, 0.29) is 11.9 Å². The normalized spacial score (nSPS) is 11.7. The van der Waals surface area contributed by atoms with Crippen LogP contribution in [0.5, 0.6) is 5.75 Å². The molecular formula is C20H21N3O2. The Morgan fingerprint density at radius 2 is 2.04 bits per heavy atom. The Balaban J connectivity index is 1.71. The van der Waals surface area contributed by atoms with Gasteiger partial charge in [-0.25, -0.2) is 4.98 Å². The maximum Gasteiger partial charge on any atom is 0.224 e. The van der Waals surface area contributed by atoms with Crippen molar-refractivity contribution in [2.45, 2.75) is 19.0 Å². The van der Waals surface area contributed by atoms with Crippen molar-refractivity contribution in [1.29, 1.82) is 0 Å². The monoisotopic (exact) mass is 335 g/mol. The minimum absolute atomic E-state index is 0.0257. The van der Waals surface area contributed by atoms with Gasteiger partial charge in [0.1, 0.15) is 5.75 Å². The molecule has 0 aliphatic heterocycles. The molecule has 1 heterocycles. The first-order valence-corrected chi connectivity index (χ1v) is 8.17. The molecule has 0 saturated carbocycles. The quantitative estimate of drug-likeness (QED) is 0.722. The number of aromatic nitrogens is 2. The zero-order chi connectivity index (χ0) is 17.5. The lowest BCUT2D eigenvalue weighted by molar-refractivity contribution is -0.121. The molecule has 5 nitrogen and oxygen atoms in total. The number of ether oxygens (including phenoxy) is 1. The average molecular weight is 335 g/mol. The number of methoxy groups -OCH3 is 1. The van der Waals surface area contributed by atoms with Crippen LogP contribution in [0.3, 0.4) is 0 Å². The maximum atomic E-state index is 12.5. The number of hydrogen-bond acceptors (Lipinski definition) is 3. The van der Waals surface area contributed by atoms with E-state index in [9.17, 15) is 4.79 Å². The second-order valence-electron chi connectivity index (χ2n) is 5.82. The summed E-state index contributed by atoms with van der Waals surface area (Å²) in [5.74, 6) is 0.727. The molecule has 0 spiro atoms. The van der Waals surface area contributed by atoms with E-state index < -0.39 is 0 Å². The molecule has 1 atom stereocenters. The molecule has 0 aliphatic rings. The van der Waals surface area contributed by atoms with Crippen molar-refractivity contribution in [1.82, 2.24) is 14.9 Å². The number of hydrogen-bond donors (Lipinski definition) is 1. The molecule has 5 heteroatoms. The Kier molecular flexibility index (Phi) is 5.46. The van der Waals surface area contributed by atoms with Crippen LogP contribution in [0.15, 0.2) is 73.3 Å². The second-order valence-corrected chi connectivity index (χ2v) is 5.82. The van der Waals surface area contributed by atoms with Crippen LogP contribution < -0.4 is 10.1 Å². The van der Waals surface area contributed by atoms with Crippen LogP contribution in [0.4, 0.5) is 0 Å². The number of carbonyl (C=O) groups excluding carboxylic acids is 1. The number of nitrogens with zero attached hydrogens (tertiary/aromatic N) is 2. The number of benzene rings is 2. The van der Waals surface area contributed by atoms with Crippen molar-refractivity contribution in [2.24, 2.45) is 0 Å². The topological polar surface area (TPSA) is 56.1 Å². The highest BCUT2D eigenvalue weighted by Gasteiger charge is 2.15. The molecule has 0 unspecified atom stereocenters. The summed E-state index contributed by atoms with van der Waals surface area (Å²) in [6, 6.07) is 17.4. The minimum Gasteiger partial charge on any atom is -0.497 e. The first kappa shape index (κ1) is 16.8. The van der Waals surface area contributed by atoms with Gasteiger partial charge >= 0.3 is 0 Å². The largest absolute Gasteiger partial charge is 0.497 e. The Morgan fingerprint density at radius 1 is 1.20 bits per heavy atom. The van der Waals surface area contributed by atoms with Crippen LogP contribution >= 0.6 is 0 Å². The van der Waals surface area contributed by atoms with Gasteiger partial charge in [0, 0.05) is 18.9 Å². The maximum absolute atomic E-state index is 12.5. The zero-order valence-corrected chi connectivity index (χ0v) is 14.1. The molecule has 3 rings (SSSR count). The van der Waals surface area contributed by atoms with Crippen molar-refractivity contribution in [2.75, 3.05) is 7.11 Å². The fraction of sp³-hybridized carbons (Fsp3) is 0.200. The highest BCUT2D eigenvalue weighted by Crippen LogP contribution is 2.17. The smallest absolute Gasteiger partial charge is 0.224 e. The highest BCUT2D eigenvalue weighted by molar-refractivity contribution is 5.79. The molecule has 1 aromatic heterocycles. The first-order valence-electron chi connectivity index (χ1n) is 8.17. The Hall–Kier alpha value is -3.08. The molecule has 0 aliphatic carbocycles. The van der Waals surface area contributed by atoms with Crippen LogP contribution in [0.25, 0.3) is 0 Å². The van der Waals surface area contributed by atoms with Crippen LogP contribution in [0.1, 0.15) is 17.2 Å². The number of amides is 1. The Bertz CT molecular complexity index is 801. The SMILES string of the molecule is COc1cccc(CC(=O)N[C@H](Cn2ccnc2)c2ccccc2)c1. The van der Waals surface area contributed by atoms with E-state index in [2.05, 4.69) is 10.3 Å². The predicted molar refractivity (Wildman–Crippen MR) is 96.3 cm³/mol. The van der Waals surface area contributed by atoms with Gasteiger partial charge in [-0.1, -0.05) is 42.5 Å². The van der Waals surface area contributed by atoms with Crippen LogP contribution in [-0.2, 0) is 17.8 Å². The van der Waals surface area contributed by atoms with Crippen molar-refractivity contribution in [3.63, 3.8) is 0 Å². The highest BCUT2D eigenvalue weighted by atomic mass is 16.5. The summed E-state index contributed by atoms with van der Waals surface area (Å²) in [7, 11) is 1.62. The summed E-state index contributed by atoms with van der Waals surface area (Å²) in [5, 5.41) is 3.13. The summed E-state index contributed by atoms with van der Waals surface area (Å²) in [6.45, 7) is 0.633. The summed E-state index contributed by atoms with van der Waals surface area (Å²) in [5.41, 5.74) is 1.99. The molecule has 0 bridgehead atoms. The van der Waals surface area contributed by atoms with Gasteiger partial charge in [0.2, 0.25) is 5.91 Å². The summed E-state index contributed by atoms with van der Waals surface area (Å²) >= 11 is 0. The molecule has 128 valence electrons. The summed E-state index contributed by atoms with van der Waals surface area (Å²) < 4.78 is 7.18. The van der Waals surface area contributed by atoms with Crippen LogP contribution in [0, 0.1) is 0 Å². The van der Waals surface area contributed by atoms with Gasteiger partial charge in [0.15, 0.2) is 0 Å². The van der Waals surface area contributed by atoms with E-state index in [1.165, 1.54) is 0 Å². The third-order valence-electron chi connectivity index (χ3n) is 3.99. The minimum atomic E-state index is -0.117. The van der Waals surface area contributed by atoms with Gasteiger partial charge in [-0.05, 0) is 23.3 Å². The molecule has 0 fully saturated rings. The fourth-order valence-corrected chi connectivity index (χ4v) is 2.74. The van der Waals surface area contributed by atoms with Crippen molar-refractivity contribution in [3.05, 3.63) is 84.4 Å². The lowest BCUT2D eigenvalue weighted by Crippen LogP contribution is -2.32. The Morgan fingerprint density at radius 3 is 2.76 bits per heavy atom. The number of rotatable bonds is 7. The first-order chi connectivity index (χ1) is 12.2. The van der Waals surface area contributed by atoms with Gasteiger partial charge in [-0.3, -0.25) is 4.79 Å². The number of nitrogens with one attached hydrogen (secondary N) is 1. The molecule has 0 radical (unpaired) electrons. The molecule has 25 heavy (non-hydrogen) atoms. The van der Waals surface area contributed by atoms with E-state index in [0.29, 0.717) is 13.0 Å². The third kappa shape index (κ3) is 4.70. The van der Waals surface area contributed by atoms with E-state index in [0.717, 1.165) is 16.9 Å². The van der Waals surface area contributed by atoms with Gasteiger partial charge in [0.05, 0.1) is 25.9 Å². The van der Waals surface area contributed by atoms with E-state index in [4.69, 9.17) is 4.74 Å². The molecular weight excluding hydrogens is 314 g/mol. The van der Waals surface area contributed by atoms with Crippen molar-refractivity contribution >= 4 is 5.91 Å². The standard InChI is InChI=1S/C20H21N3O2/c1-25-18-9-5-6-16(12-18)13-20(24)22-19(14-23-11-10-21-15-23)17-7-3-2-4-8-17/h2-12,15,19H,13-14H2,1H3,(H,22,24)/t19-/m1/s1. The number of carbonyl (C=O) groups is 1. The van der Waals surface area contributed by atoms with Crippen LogP contribution in [-0.4, -0.2) is 22.6 Å². The predicted octanol–water partition coefficient (Wildman–Crippen LogP) is 2.99. The lowest BCUT2D eigenvalue weighted by Gasteiger charge is -2.20. The molecule has 0 saturated heterocycles. The molecule has 2 aromatic carbocycles.